The molecule has 2 atom stereocenters. The Labute approximate surface area is 101 Å². The van der Waals surface area contributed by atoms with Crippen LogP contribution in [-0.2, 0) is 0 Å². The van der Waals surface area contributed by atoms with Gasteiger partial charge in [0.25, 0.3) is 0 Å². The molecule has 0 aliphatic heterocycles. The minimum absolute atomic E-state index is 0.534. The van der Waals surface area contributed by atoms with Crippen molar-refractivity contribution in [2.75, 3.05) is 13.7 Å². The second-order valence-electron chi connectivity index (χ2n) is 4.62. The summed E-state index contributed by atoms with van der Waals surface area (Å²) in [6.07, 6.45) is 1.16. The molecule has 0 bridgehead atoms. The van der Waals surface area contributed by atoms with Gasteiger partial charge in [-0.25, -0.2) is 4.98 Å². The van der Waals surface area contributed by atoms with Crippen molar-refractivity contribution in [3.8, 4) is 5.88 Å². The first-order valence-electron chi connectivity index (χ1n) is 5.97. The van der Waals surface area contributed by atoms with Gasteiger partial charge in [-0.05, 0) is 36.9 Å². The van der Waals surface area contributed by atoms with Crippen LogP contribution < -0.4 is 10.5 Å². The number of nitrogens with zero attached hydrogens (tertiary/aromatic N) is 1. The van der Waals surface area contributed by atoms with Gasteiger partial charge in [0.2, 0.25) is 5.88 Å². The Balaban J connectivity index is 2.10. The van der Waals surface area contributed by atoms with Crippen molar-refractivity contribution in [1.29, 1.82) is 0 Å². The van der Waals surface area contributed by atoms with E-state index < -0.39 is 0 Å². The van der Waals surface area contributed by atoms with Crippen molar-refractivity contribution in [2.24, 2.45) is 11.7 Å². The molecule has 88 valence electrons. The summed E-state index contributed by atoms with van der Waals surface area (Å²) in [5, 5.41) is 1.17. The summed E-state index contributed by atoms with van der Waals surface area (Å²) >= 11 is 0. The molecule has 1 fully saturated rings. The van der Waals surface area contributed by atoms with Crippen LogP contribution in [0.2, 0.25) is 0 Å². The molecule has 0 amide bonds. The molecule has 1 aliphatic carbocycles. The van der Waals surface area contributed by atoms with Crippen molar-refractivity contribution >= 4 is 10.9 Å². The van der Waals surface area contributed by atoms with Crippen molar-refractivity contribution in [3.63, 3.8) is 0 Å². The van der Waals surface area contributed by atoms with Gasteiger partial charge in [0.1, 0.15) is 0 Å². The van der Waals surface area contributed by atoms with E-state index in [1.165, 1.54) is 10.9 Å². The fourth-order valence-electron chi connectivity index (χ4n) is 2.43. The standard InChI is InChI=1S/C14H16N2O/c1-17-14-12(11-7-10(11)8-15)6-9-4-2-3-5-13(9)16-14/h2-6,10-11H,7-8,15H2,1H3. The quantitative estimate of drug-likeness (QED) is 0.877. The van der Waals surface area contributed by atoms with Crippen LogP contribution >= 0.6 is 0 Å². The van der Waals surface area contributed by atoms with Crippen LogP contribution in [0.15, 0.2) is 30.3 Å². The van der Waals surface area contributed by atoms with Crippen LogP contribution in [0, 0.1) is 5.92 Å². The predicted molar refractivity (Wildman–Crippen MR) is 68.2 cm³/mol. The average Bonchev–Trinajstić information content (AvgIpc) is 3.16. The minimum atomic E-state index is 0.534. The van der Waals surface area contributed by atoms with Crippen molar-refractivity contribution in [2.45, 2.75) is 12.3 Å². The molecule has 17 heavy (non-hydrogen) atoms. The maximum Gasteiger partial charge on any atom is 0.217 e. The Morgan fingerprint density at radius 1 is 1.41 bits per heavy atom. The maximum absolute atomic E-state index is 5.70. The highest BCUT2D eigenvalue weighted by Crippen LogP contribution is 2.49. The van der Waals surface area contributed by atoms with E-state index >= 15 is 0 Å². The molecular formula is C14H16N2O. The SMILES string of the molecule is COc1nc2ccccc2cc1C1CC1CN. The zero-order valence-corrected chi connectivity index (χ0v) is 9.89. The largest absolute Gasteiger partial charge is 0.481 e. The molecule has 2 aromatic rings. The van der Waals surface area contributed by atoms with E-state index in [4.69, 9.17) is 10.5 Å². The molecule has 1 aromatic carbocycles. The Kier molecular flexibility index (Phi) is 2.48. The fraction of sp³-hybridized carbons (Fsp3) is 0.357. The number of benzene rings is 1. The van der Waals surface area contributed by atoms with Gasteiger partial charge in [-0.2, -0.15) is 0 Å². The number of ether oxygens (including phenoxy) is 1. The van der Waals surface area contributed by atoms with Gasteiger partial charge in [-0.15, -0.1) is 0 Å². The van der Waals surface area contributed by atoms with Crippen LogP contribution in [0.5, 0.6) is 5.88 Å². The number of pyridine rings is 1. The molecule has 2 unspecified atom stereocenters. The molecular weight excluding hydrogens is 212 g/mol. The first-order chi connectivity index (χ1) is 8.33. The van der Waals surface area contributed by atoms with Gasteiger partial charge in [0, 0.05) is 10.9 Å². The zero-order chi connectivity index (χ0) is 11.8. The third kappa shape index (κ3) is 1.76. The fourth-order valence-corrected chi connectivity index (χ4v) is 2.43. The highest BCUT2D eigenvalue weighted by Gasteiger charge is 2.39. The van der Waals surface area contributed by atoms with Crippen LogP contribution in [0.25, 0.3) is 10.9 Å². The van der Waals surface area contributed by atoms with E-state index in [9.17, 15) is 0 Å². The molecule has 3 nitrogen and oxygen atoms in total. The van der Waals surface area contributed by atoms with Crippen LogP contribution in [0.1, 0.15) is 17.9 Å². The molecule has 0 saturated heterocycles. The van der Waals surface area contributed by atoms with Crippen LogP contribution in [0.4, 0.5) is 0 Å². The van der Waals surface area contributed by atoms with Crippen molar-refractivity contribution in [1.82, 2.24) is 4.98 Å². The molecule has 1 aliphatic rings. The third-order valence-electron chi connectivity index (χ3n) is 3.53. The second-order valence-corrected chi connectivity index (χ2v) is 4.62. The van der Waals surface area contributed by atoms with E-state index in [2.05, 4.69) is 17.1 Å². The van der Waals surface area contributed by atoms with Crippen molar-refractivity contribution in [3.05, 3.63) is 35.9 Å². The number of methoxy groups -OCH3 is 1. The Bertz CT molecular complexity index is 553. The smallest absolute Gasteiger partial charge is 0.217 e. The van der Waals surface area contributed by atoms with Crippen LogP contribution in [0.3, 0.4) is 0 Å². The molecule has 3 heteroatoms. The Hall–Kier alpha value is -1.61. The molecule has 0 spiro atoms. The van der Waals surface area contributed by atoms with Gasteiger partial charge in [0.15, 0.2) is 0 Å². The first kappa shape index (κ1) is 10.5. The van der Waals surface area contributed by atoms with E-state index in [1.807, 2.05) is 18.2 Å². The molecule has 1 heterocycles. The summed E-state index contributed by atoms with van der Waals surface area (Å²) in [4.78, 5) is 4.56. The second kappa shape index (κ2) is 4.00. The number of rotatable bonds is 3. The average molecular weight is 228 g/mol. The number of hydrogen-bond donors (Lipinski definition) is 1. The highest BCUT2D eigenvalue weighted by atomic mass is 16.5. The molecule has 2 N–H and O–H groups in total. The number of fused-ring (bicyclic) bond motifs is 1. The lowest BCUT2D eigenvalue weighted by Gasteiger charge is -2.08. The number of nitrogens with two attached hydrogens (primary N) is 1. The molecule has 3 rings (SSSR count). The van der Waals surface area contributed by atoms with E-state index in [1.54, 1.807) is 7.11 Å². The van der Waals surface area contributed by atoms with E-state index in [0.717, 1.165) is 24.4 Å². The number of para-hydroxylation sites is 1. The minimum Gasteiger partial charge on any atom is -0.481 e. The topological polar surface area (TPSA) is 48.1 Å². The summed E-state index contributed by atoms with van der Waals surface area (Å²) in [6.45, 7) is 0.751. The highest BCUT2D eigenvalue weighted by molar-refractivity contribution is 5.80. The Morgan fingerprint density at radius 2 is 2.24 bits per heavy atom. The van der Waals surface area contributed by atoms with Gasteiger partial charge in [-0.1, -0.05) is 18.2 Å². The predicted octanol–water partition coefficient (Wildman–Crippen LogP) is 2.31. The Morgan fingerprint density at radius 3 is 2.94 bits per heavy atom. The lowest BCUT2D eigenvalue weighted by molar-refractivity contribution is 0.394. The van der Waals surface area contributed by atoms with Gasteiger partial charge in [0.05, 0.1) is 12.6 Å². The summed E-state index contributed by atoms with van der Waals surface area (Å²) in [7, 11) is 1.68. The lowest BCUT2D eigenvalue weighted by atomic mass is 10.1. The van der Waals surface area contributed by atoms with E-state index in [0.29, 0.717) is 11.8 Å². The summed E-state index contributed by atoms with van der Waals surface area (Å²) in [6, 6.07) is 10.3. The zero-order valence-electron chi connectivity index (χ0n) is 9.89. The molecule has 1 saturated carbocycles. The van der Waals surface area contributed by atoms with Gasteiger partial charge < -0.3 is 10.5 Å². The number of aromatic nitrogens is 1. The summed E-state index contributed by atoms with van der Waals surface area (Å²) < 4.78 is 5.40. The summed E-state index contributed by atoms with van der Waals surface area (Å²) in [5.41, 5.74) is 7.90. The monoisotopic (exact) mass is 228 g/mol. The first-order valence-corrected chi connectivity index (χ1v) is 5.97. The molecule has 0 radical (unpaired) electrons. The van der Waals surface area contributed by atoms with Gasteiger partial charge >= 0.3 is 0 Å². The van der Waals surface area contributed by atoms with Crippen LogP contribution in [-0.4, -0.2) is 18.6 Å². The lowest BCUT2D eigenvalue weighted by Crippen LogP contribution is -2.03. The van der Waals surface area contributed by atoms with Gasteiger partial charge in [-0.3, -0.25) is 0 Å². The maximum atomic E-state index is 5.70. The normalized spacial score (nSPS) is 22.7. The third-order valence-corrected chi connectivity index (χ3v) is 3.53. The molecule has 1 aromatic heterocycles. The number of hydrogen-bond acceptors (Lipinski definition) is 3. The van der Waals surface area contributed by atoms with Crippen molar-refractivity contribution < 1.29 is 4.74 Å². The van der Waals surface area contributed by atoms with E-state index in [-0.39, 0.29) is 0 Å². The summed E-state index contributed by atoms with van der Waals surface area (Å²) in [5.74, 6) is 1.89.